The smallest absolute Gasteiger partial charge is 0.160 e. The van der Waals surface area contributed by atoms with E-state index in [4.69, 9.17) is 0 Å². The highest BCUT2D eigenvalue weighted by atomic mass is 15.3. The molecule has 0 aliphatic rings. The Morgan fingerprint density at radius 1 is 0.412 bits per heavy atom. The van der Waals surface area contributed by atoms with Crippen LogP contribution in [-0.4, -0.2) is 83.7 Å². The van der Waals surface area contributed by atoms with E-state index in [2.05, 4.69) is 190 Å². The Labute approximate surface area is 509 Å². The lowest BCUT2D eigenvalue weighted by atomic mass is 10.0. The Bertz CT molecular complexity index is 3180. The number of nitrogens with zero attached hydrogens (tertiary/aromatic N) is 14. The maximum absolute atomic E-state index is 4.27. The van der Waals surface area contributed by atoms with E-state index in [0.717, 1.165) is 44.8 Å². The van der Waals surface area contributed by atoms with Crippen molar-refractivity contribution in [1.82, 2.24) is 83.7 Å². The minimum absolute atomic E-state index is 0. The van der Waals surface area contributed by atoms with E-state index in [1.54, 1.807) is 46.7 Å². The molecule has 12 rings (SSSR count). The van der Waals surface area contributed by atoms with E-state index in [9.17, 15) is 0 Å². The first kappa shape index (κ1) is 76.8. The van der Waals surface area contributed by atoms with Gasteiger partial charge in [0, 0.05) is 78.3 Å². The van der Waals surface area contributed by atoms with Gasteiger partial charge in [0.15, 0.2) is 22.6 Å². The molecular formula is C68H107N17. The molecule has 0 fully saturated rings. The van der Waals surface area contributed by atoms with E-state index < -0.39 is 0 Å². The number of aromatic nitrogens is 17. The zero-order valence-electron chi connectivity index (χ0n) is 55.4. The van der Waals surface area contributed by atoms with Gasteiger partial charge in [-0.15, -0.1) is 10.2 Å². The lowest BCUT2D eigenvalue weighted by molar-refractivity contribution is 0.835. The third-order valence-corrected chi connectivity index (χ3v) is 12.0. The van der Waals surface area contributed by atoms with E-state index >= 15 is 0 Å². The standard InChI is InChI=1S/C10H12N2.5C9H11N3.6C2H6.CH4/c1-7(2)9-6-12-10-8(9)4-3-5-11-10;1-6(2)7-4-11-9-8(7)3-10-5-12-9;1-7(2)8-3-4-12-9(5-8)10-6-11-12;1-7(2)8-3-4-9-11-10-6-12(9)5-8;1-7(2)8-3-4-9-10-6-11-12(9)5-8;1-6(2)7-5-12-9-8(7)10-3-4-11-9;6*1-2;/h3-7H,1-2H3,(H,11,12);3-6H,1-2H3,(H,10,11,12);3*3-7H,1-2H3;3-6H,1-2H3,(H,11,12);6*1-2H3;1H4. The maximum atomic E-state index is 4.27. The Morgan fingerprint density at radius 3 is 1.49 bits per heavy atom. The molecule has 0 aromatic carbocycles. The van der Waals surface area contributed by atoms with Gasteiger partial charge in [-0.05, 0) is 99.7 Å². The molecule has 0 spiro atoms. The normalized spacial score (nSPS) is 9.95. The fourth-order valence-corrected chi connectivity index (χ4v) is 7.67. The van der Waals surface area contributed by atoms with Crippen molar-refractivity contribution in [3.63, 3.8) is 0 Å². The molecule has 0 saturated heterocycles. The van der Waals surface area contributed by atoms with E-state index in [-0.39, 0.29) is 7.43 Å². The average molecular weight is 1160 g/mol. The number of fused-ring (bicyclic) bond motifs is 6. The maximum Gasteiger partial charge on any atom is 0.160 e. The third kappa shape index (κ3) is 23.4. The second-order valence-electron chi connectivity index (χ2n) is 19.2. The van der Waals surface area contributed by atoms with Crippen molar-refractivity contribution >= 4 is 50.2 Å². The second kappa shape index (κ2) is 42.6. The van der Waals surface area contributed by atoms with Crippen LogP contribution >= 0.6 is 0 Å². The number of hydrogen-bond acceptors (Lipinski definition) is 11. The van der Waals surface area contributed by atoms with Crippen LogP contribution in [0, 0.1) is 0 Å². The number of hydrogen-bond donors (Lipinski definition) is 3. The molecule has 0 saturated carbocycles. The number of H-pyrrole nitrogens is 3. The first-order chi connectivity index (χ1) is 40.7. The molecule has 12 aromatic rings. The second-order valence-corrected chi connectivity index (χ2v) is 19.2. The zero-order chi connectivity index (χ0) is 63.3. The van der Waals surface area contributed by atoms with E-state index in [1.165, 1.54) is 38.8 Å². The zero-order valence-corrected chi connectivity index (χ0v) is 55.4. The molecule has 17 heteroatoms. The van der Waals surface area contributed by atoms with Crippen molar-refractivity contribution < 1.29 is 0 Å². The van der Waals surface area contributed by atoms with Crippen molar-refractivity contribution in [3.05, 3.63) is 169 Å². The molecule has 17 nitrogen and oxygen atoms in total. The van der Waals surface area contributed by atoms with Gasteiger partial charge in [-0.25, -0.2) is 38.9 Å². The fraction of sp³-hybridized carbons (Fsp3) is 0.456. The molecule has 12 heterocycles. The van der Waals surface area contributed by atoms with E-state index in [0.29, 0.717) is 35.5 Å². The van der Waals surface area contributed by atoms with Gasteiger partial charge < -0.3 is 15.0 Å². The van der Waals surface area contributed by atoms with Gasteiger partial charge in [0.05, 0.1) is 0 Å². The summed E-state index contributed by atoms with van der Waals surface area (Å²) in [4.78, 5) is 38.3. The molecule has 0 aliphatic heterocycles. The highest BCUT2D eigenvalue weighted by molar-refractivity contribution is 5.80. The predicted molar refractivity (Wildman–Crippen MR) is 362 cm³/mol. The number of nitrogens with one attached hydrogen (secondary N) is 3. The summed E-state index contributed by atoms with van der Waals surface area (Å²) in [7, 11) is 0. The molecule has 0 unspecified atom stereocenters. The van der Waals surface area contributed by atoms with Crippen LogP contribution in [0.2, 0.25) is 0 Å². The SMILES string of the molecule is C.CC.CC.CC.CC.CC.CC.CC(C)c1c[nH]c2ncccc12.CC(C)c1c[nH]c2nccnc12.CC(C)c1c[nH]c2ncncc12.CC(C)c1ccc2ncnn2c1.CC(C)c1ccc2nncn2c1.CC(C)c1ccn2ncnc2c1. The average Bonchev–Trinajstić information content (AvgIpc) is 4.60. The van der Waals surface area contributed by atoms with Gasteiger partial charge in [-0.2, -0.15) is 10.2 Å². The van der Waals surface area contributed by atoms with Gasteiger partial charge in [0.25, 0.3) is 0 Å². The summed E-state index contributed by atoms with van der Waals surface area (Å²) < 4.78 is 5.51. The van der Waals surface area contributed by atoms with Crippen molar-refractivity contribution in [2.24, 2.45) is 0 Å². The number of rotatable bonds is 6. The molecular weight excluding hydrogens is 1050 g/mol. The topological polar surface area (TPSA) is 202 Å². The minimum atomic E-state index is 0. The van der Waals surface area contributed by atoms with Crippen LogP contribution in [0.25, 0.3) is 50.2 Å². The fourth-order valence-electron chi connectivity index (χ4n) is 7.67. The summed E-state index contributed by atoms with van der Waals surface area (Å²) in [5.74, 6) is 3.21. The highest BCUT2D eigenvalue weighted by Crippen LogP contribution is 2.25. The van der Waals surface area contributed by atoms with Crippen molar-refractivity contribution in [2.75, 3.05) is 0 Å². The van der Waals surface area contributed by atoms with Crippen LogP contribution in [0.1, 0.15) is 242 Å². The molecule has 0 aliphatic carbocycles. The van der Waals surface area contributed by atoms with Gasteiger partial charge in [0.2, 0.25) is 0 Å². The first-order valence-electron chi connectivity index (χ1n) is 30.5. The quantitative estimate of drug-likeness (QED) is 0.143. The van der Waals surface area contributed by atoms with Crippen molar-refractivity contribution in [2.45, 2.75) is 209 Å². The van der Waals surface area contributed by atoms with Gasteiger partial charge in [-0.3, -0.25) is 9.38 Å². The molecule has 0 amide bonds. The summed E-state index contributed by atoms with van der Waals surface area (Å²) in [6, 6.07) is 16.4. The number of pyridine rings is 4. The lowest BCUT2D eigenvalue weighted by Crippen LogP contribution is -1.93. The Morgan fingerprint density at radius 2 is 0.906 bits per heavy atom. The van der Waals surface area contributed by atoms with Gasteiger partial charge in [-0.1, -0.05) is 186 Å². The summed E-state index contributed by atoms with van der Waals surface area (Å²) in [5.41, 5.74) is 14.3. The third-order valence-electron chi connectivity index (χ3n) is 12.0. The monoisotopic (exact) mass is 1160 g/mol. The van der Waals surface area contributed by atoms with Crippen molar-refractivity contribution in [3.8, 4) is 0 Å². The predicted octanol–water partition coefficient (Wildman–Crippen LogP) is 19.2. The minimum Gasteiger partial charge on any atom is -0.346 e. The Hall–Kier alpha value is -8.21. The van der Waals surface area contributed by atoms with Crippen LogP contribution in [0.4, 0.5) is 0 Å². The first-order valence-corrected chi connectivity index (χ1v) is 30.5. The summed E-state index contributed by atoms with van der Waals surface area (Å²) in [5, 5.41) is 18.2. The van der Waals surface area contributed by atoms with Crippen LogP contribution in [0.5, 0.6) is 0 Å². The molecule has 85 heavy (non-hydrogen) atoms. The van der Waals surface area contributed by atoms with Crippen molar-refractivity contribution in [1.29, 1.82) is 0 Å². The Kier molecular flexibility index (Phi) is 38.5. The summed E-state index contributed by atoms with van der Waals surface area (Å²) >= 11 is 0. The van der Waals surface area contributed by atoms with Crippen LogP contribution in [-0.2, 0) is 0 Å². The molecule has 464 valence electrons. The number of aromatic amines is 3. The summed E-state index contributed by atoms with van der Waals surface area (Å²) in [6.45, 7) is 50.0. The largest absolute Gasteiger partial charge is 0.346 e. The molecule has 0 atom stereocenters. The van der Waals surface area contributed by atoms with E-state index in [1.807, 2.05) is 149 Å². The molecule has 0 radical (unpaired) electrons. The van der Waals surface area contributed by atoms with Crippen LogP contribution in [0.3, 0.4) is 0 Å². The highest BCUT2D eigenvalue weighted by Gasteiger charge is 2.10. The summed E-state index contributed by atoms with van der Waals surface area (Å²) in [6.07, 6.45) is 25.6. The lowest BCUT2D eigenvalue weighted by Gasteiger charge is -2.04. The molecule has 0 bridgehead atoms. The van der Waals surface area contributed by atoms with Crippen LogP contribution < -0.4 is 0 Å². The Balaban J connectivity index is 0.000000958. The van der Waals surface area contributed by atoms with Crippen LogP contribution in [0.15, 0.2) is 136 Å². The molecule has 3 N–H and O–H groups in total. The van der Waals surface area contributed by atoms with Gasteiger partial charge in [0.1, 0.15) is 42.1 Å². The van der Waals surface area contributed by atoms with Gasteiger partial charge >= 0.3 is 0 Å². The molecule has 12 aromatic heterocycles.